The summed E-state index contributed by atoms with van der Waals surface area (Å²) >= 11 is 0. The molecule has 0 bridgehead atoms. The number of benzene rings is 1. The van der Waals surface area contributed by atoms with E-state index in [4.69, 9.17) is 4.74 Å². The van der Waals surface area contributed by atoms with Gasteiger partial charge >= 0.3 is 0 Å². The van der Waals surface area contributed by atoms with E-state index in [1.807, 2.05) is 26.0 Å². The van der Waals surface area contributed by atoms with Gasteiger partial charge in [0.1, 0.15) is 12.4 Å². The van der Waals surface area contributed by atoms with Gasteiger partial charge in [-0.15, -0.1) is 0 Å². The number of para-hydroxylation sites is 1. The Labute approximate surface area is 117 Å². The Morgan fingerprint density at radius 2 is 2.00 bits per heavy atom. The molecule has 0 saturated heterocycles. The molecule has 108 valence electrons. The highest BCUT2D eigenvalue weighted by Gasteiger charge is 2.13. The van der Waals surface area contributed by atoms with Crippen LogP contribution in [-0.4, -0.2) is 23.4 Å². The lowest BCUT2D eigenvalue weighted by atomic mass is 10.1. The van der Waals surface area contributed by atoms with Crippen molar-refractivity contribution in [1.82, 2.24) is 5.32 Å². The molecule has 0 spiro atoms. The number of aliphatic hydroxyl groups excluding tert-OH is 1. The molecule has 1 aromatic rings. The summed E-state index contributed by atoms with van der Waals surface area (Å²) in [6.45, 7) is 11.5. The fourth-order valence-electron chi connectivity index (χ4n) is 1.72. The third-order valence-electron chi connectivity index (χ3n) is 2.99. The van der Waals surface area contributed by atoms with Gasteiger partial charge in [-0.3, -0.25) is 0 Å². The maximum atomic E-state index is 9.62. The number of aliphatic hydroxyl groups is 1. The van der Waals surface area contributed by atoms with Crippen molar-refractivity contribution < 1.29 is 9.84 Å². The Hall–Kier alpha value is -1.06. The molecule has 0 saturated carbocycles. The van der Waals surface area contributed by atoms with Crippen LogP contribution in [-0.2, 0) is 6.54 Å². The van der Waals surface area contributed by atoms with Gasteiger partial charge in [-0.1, -0.05) is 25.1 Å². The first-order valence-electron chi connectivity index (χ1n) is 6.98. The third-order valence-corrected chi connectivity index (χ3v) is 2.99. The molecule has 0 fully saturated rings. The second-order valence-corrected chi connectivity index (χ2v) is 6.04. The molecule has 0 amide bonds. The molecule has 0 radical (unpaired) electrons. The summed E-state index contributed by atoms with van der Waals surface area (Å²) < 4.78 is 5.80. The first-order valence-corrected chi connectivity index (χ1v) is 6.98. The molecule has 1 unspecified atom stereocenters. The second kappa shape index (κ2) is 6.92. The predicted molar refractivity (Wildman–Crippen MR) is 79.6 cm³/mol. The molecule has 2 N–H and O–H groups in total. The van der Waals surface area contributed by atoms with Gasteiger partial charge in [0, 0.05) is 17.6 Å². The Bertz CT molecular complexity index is 396. The minimum absolute atomic E-state index is 0.0734. The number of aryl methyl sites for hydroxylation is 1. The van der Waals surface area contributed by atoms with Gasteiger partial charge in [0.2, 0.25) is 0 Å². The van der Waals surface area contributed by atoms with E-state index < -0.39 is 6.10 Å². The van der Waals surface area contributed by atoms with Gasteiger partial charge in [-0.05, 0) is 39.7 Å². The number of hydrogen-bond donors (Lipinski definition) is 2. The van der Waals surface area contributed by atoms with E-state index in [0.29, 0.717) is 13.0 Å². The van der Waals surface area contributed by atoms with E-state index in [0.717, 1.165) is 23.4 Å². The molecule has 1 atom stereocenters. The minimum Gasteiger partial charge on any atom is -0.490 e. The van der Waals surface area contributed by atoms with Crippen molar-refractivity contribution in [3.63, 3.8) is 0 Å². The highest BCUT2D eigenvalue weighted by Crippen LogP contribution is 2.24. The molecule has 0 aliphatic carbocycles. The fourth-order valence-corrected chi connectivity index (χ4v) is 1.72. The first kappa shape index (κ1) is 16.0. The highest BCUT2D eigenvalue weighted by atomic mass is 16.5. The van der Waals surface area contributed by atoms with Crippen LogP contribution >= 0.6 is 0 Å². The molecule has 0 heterocycles. The van der Waals surface area contributed by atoms with Crippen molar-refractivity contribution in [2.45, 2.75) is 59.2 Å². The zero-order chi connectivity index (χ0) is 14.5. The summed E-state index contributed by atoms with van der Waals surface area (Å²) in [7, 11) is 0. The van der Waals surface area contributed by atoms with E-state index in [-0.39, 0.29) is 5.54 Å². The number of nitrogens with one attached hydrogen (secondary N) is 1. The molecule has 0 aliphatic heterocycles. The topological polar surface area (TPSA) is 41.5 Å². The van der Waals surface area contributed by atoms with Crippen LogP contribution in [0.15, 0.2) is 18.2 Å². The molecule has 0 aliphatic rings. The SMILES string of the molecule is CCC(O)COc1c(C)cccc1CNC(C)(C)C. The fraction of sp³-hybridized carbons (Fsp3) is 0.625. The number of rotatable bonds is 6. The predicted octanol–water partition coefficient (Wildman–Crippen LogP) is 3.03. The van der Waals surface area contributed by atoms with Crippen molar-refractivity contribution in [3.05, 3.63) is 29.3 Å². The zero-order valence-electron chi connectivity index (χ0n) is 12.8. The Kier molecular flexibility index (Phi) is 5.83. The molecular formula is C16H27NO2. The van der Waals surface area contributed by atoms with Crippen LogP contribution in [0, 0.1) is 6.92 Å². The van der Waals surface area contributed by atoms with Crippen molar-refractivity contribution in [1.29, 1.82) is 0 Å². The minimum atomic E-state index is -0.400. The van der Waals surface area contributed by atoms with Crippen LogP contribution in [0.3, 0.4) is 0 Å². The number of ether oxygens (including phenoxy) is 1. The molecule has 1 rings (SSSR count). The van der Waals surface area contributed by atoms with Crippen LogP contribution in [0.1, 0.15) is 45.2 Å². The van der Waals surface area contributed by atoms with E-state index in [9.17, 15) is 5.11 Å². The van der Waals surface area contributed by atoms with E-state index in [1.54, 1.807) is 0 Å². The summed E-state index contributed by atoms with van der Waals surface area (Å²) in [6, 6.07) is 6.14. The second-order valence-electron chi connectivity index (χ2n) is 6.04. The Balaban J connectivity index is 2.77. The summed E-state index contributed by atoms with van der Waals surface area (Å²) in [5.74, 6) is 0.895. The first-order chi connectivity index (χ1) is 8.83. The standard InChI is InChI=1S/C16H27NO2/c1-6-14(18)11-19-15-12(2)8-7-9-13(15)10-17-16(3,4)5/h7-9,14,17-18H,6,10-11H2,1-5H3. The van der Waals surface area contributed by atoms with Crippen LogP contribution in [0.5, 0.6) is 5.75 Å². The van der Waals surface area contributed by atoms with E-state index in [1.165, 1.54) is 0 Å². The van der Waals surface area contributed by atoms with Crippen molar-refractivity contribution in [2.24, 2.45) is 0 Å². The van der Waals surface area contributed by atoms with Gasteiger partial charge in [-0.2, -0.15) is 0 Å². The lowest BCUT2D eigenvalue weighted by Gasteiger charge is -2.22. The average Bonchev–Trinajstić information content (AvgIpc) is 2.33. The van der Waals surface area contributed by atoms with Crippen LogP contribution < -0.4 is 10.1 Å². The zero-order valence-corrected chi connectivity index (χ0v) is 12.8. The quantitative estimate of drug-likeness (QED) is 0.830. The van der Waals surface area contributed by atoms with Gasteiger partial charge < -0.3 is 15.2 Å². The van der Waals surface area contributed by atoms with Crippen molar-refractivity contribution in [2.75, 3.05) is 6.61 Å². The Morgan fingerprint density at radius 1 is 1.32 bits per heavy atom. The van der Waals surface area contributed by atoms with E-state index in [2.05, 4.69) is 32.2 Å². The number of hydrogen-bond acceptors (Lipinski definition) is 3. The summed E-state index contributed by atoms with van der Waals surface area (Å²) in [5.41, 5.74) is 2.32. The lowest BCUT2D eigenvalue weighted by Crippen LogP contribution is -2.35. The Morgan fingerprint density at radius 3 is 2.58 bits per heavy atom. The molecule has 3 heteroatoms. The van der Waals surface area contributed by atoms with E-state index >= 15 is 0 Å². The summed E-state index contributed by atoms with van der Waals surface area (Å²) in [5, 5.41) is 13.1. The molecule has 3 nitrogen and oxygen atoms in total. The van der Waals surface area contributed by atoms with Crippen molar-refractivity contribution >= 4 is 0 Å². The monoisotopic (exact) mass is 265 g/mol. The maximum Gasteiger partial charge on any atom is 0.126 e. The normalized spacial score (nSPS) is 13.4. The summed E-state index contributed by atoms with van der Waals surface area (Å²) in [6.07, 6.45) is 0.310. The smallest absolute Gasteiger partial charge is 0.126 e. The van der Waals surface area contributed by atoms with Crippen molar-refractivity contribution in [3.8, 4) is 5.75 Å². The van der Waals surface area contributed by atoms with Crippen LogP contribution in [0.4, 0.5) is 0 Å². The maximum absolute atomic E-state index is 9.62. The summed E-state index contributed by atoms with van der Waals surface area (Å²) in [4.78, 5) is 0. The molecule has 0 aromatic heterocycles. The highest BCUT2D eigenvalue weighted by molar-refractivity contribution is 5.40. The van der Waals surface area contributed by atoms with Gasteiger partial charge in [0.25, 0.3) is 0 Å². The molecule has 1 aromatic carbocycles. The molecular weight excluding hydrogens is 238 g/mol. The van der Waals surface area contributed by atoms with Gasteiger partial charge in [0.05, 0.1) is 6.10 Å². The lowest BCUT2D eigenvalue weighted by molar-refractivity contribution is 0.103. The largest absolute Gasteiger partial charge is 0.490 e. The van der Waals surface area contributed by atoms with Crippen LogP contribution in [0.2, 0.25) is 0 Å². The molecule has 19 heavy (non-hydrogen) atoms. The van der Waals surface area contributed by atoms with Gasteiger partial charge in [-0.25, -0.2) is 0 Å². The third kappa shape index (κ3) is 5.62. The van der Waals surface area contributed by atoms with Crippen LogP contribution in [0.25, 0.3) is 0 Å². The van der Waals surface area contributed by atoms with Gasteiger partial charge in [0.15, 0.2) is 0 Å². The average molecular weight is 265 g/mol.